The van der Waals surface area contributed by atoms with Gasteiger partial charge in [0.05, 0.1) is 10.6 Å². The van der Waals surface area contributed by atoms with Crippen LogP contribution in [0.1, 0.15) is 26.2 Å². The molecule has 1 heterocycles. The first-order chi connectivity index (χ1) is 10.6. The monoisotopic (exact) mass is 317 g/mol. The minimum absolute atomic E-state index is 0.0803. The molecule has 2 aromatic rings. The van der Waals surface area contributed by atoms with E-state index in [1.165, 1.54) is 19.3 Å². The number of rotatable bonds is 4. The highest BCUT2D eigenvalue weighted by atomic mass is 32.2. The molecule has 22 heavy (non-hydrogen) atoms. The smallest absolute Gasteiger partial charge is 0.179 e. The first-order valence-electron chi connectivity index (χ1n) is 8.02. The number of fused-ring (bicyclic) bond motifs is 1. The highest BCUT2D eigenvalue weighted by Crippen LogP contribution is 2.22. The number of piperidine rings is 1. The van der Waals surface area contributed by atoms with Crippen LogP contribution < -0.4 is 0 Å². The van der Waals surface area contributed by atoms with Gasteiger partial charge in [0.15, 0.2) is 9.84 Å². The lowest BCUT2D eigenvalue weighted by Gasteiger charge is -2.32. The molecule has 0 spiro atoms. The summed E-state index contributed by atoms with van der Waals surface area (Å²) in [5.41, 5.74) is 0. The van der Waals surface area contributed by atoms with Crippen LogP contribution in [0.15, 0.2) is 47.4 Å². The highest BCUT2D eigenvalue weighted by Gasteiger charge is 2.24. The molecule has 1 aliphatic heterocycles. The number of sulfone groups is 1. The maximum atomic E-state index is 12.7. The van der Waals surface area contributed by atoms with Crippen molar-refractivity contribution in [2.75, 3.05) is 18.8 Å². The molecular weight excluding hydrogens is 294 g/mol. The van der Waals surface area contributed by atoms with Crippen molar-refractivity contribution in [3.63, 3.8) is 0 Å². The van der Waals surface area contributed by atoms with Crippen LogP contribution >= 0.6 is 0 Å². The van der Waals surface area contributed by atoms with E-state index >= 15 is 0 Å². The zero-order chi connectivity index (χ0) is 15.6. The lowest BCUT2D eigenvalue weighted by Crippen LogP contribution is -2.41. The summed E-state index contributed by atoms with van der Waals surface area (Å²) in [6, 6.07) is 13.4. The van der Waals surface area contributed by atoms with Crippen LogP contribution in [0.5, 0.6) is 0 Å². The Labute approximate surface area is 132 Å². The Morgan fingerprint density at radius 1 is 1.00 bits per heavy atom. The number of nitrogens with zero attached hydrogens (tertiary/aromatic N) is 1. The molecule has 0 N–H and O–H groups in total. The molecule has 3 nitrogen and oxygen atoms in total. The molecule has 0 bridgehead atoms. The molecule has 3 rings (SSSR count). The normalized spacial score (nSPS) is 18.4. The maximum Gasteiger partial charge on any atom is 0.179 e. The quantitative estimate of drug-likeness (QED) is 0.866. The topological polar surface area (TPSA) is 37.4 Å². The summed E-state index contributed by atoms with van der Waals surface area (Å²) in [6.07, 6.45) is 3.63. The second kappa shape index (κ2) is 6.39. The summed E-state index contributed by atoms with van der Waals surface area (Å²) in [7, 11) is -3.24. The van der Waals surface area contributed by atoms with Crippen molar-refractivity contribution in [3.8, 4) is 0 Å². The SMILES string of the molecule is C[C@H](CS(=O)(=O)c1ccc2ccccc2c1)N1CCCCC1. The molecule has 1 aliphatic rings. The fraction of sp³-hybridized carbons (Fsp3) is 0.444. The van der Waals surface area contributed by atoms with Crippen molar-refractivity contribution in [1.29, 1.82) is 0 Å². The third kappa shape index (κ3) is 3.33. The number of hydrogen-bond donors (Lipinski definition) is 0. The van der Waals surface area contributed by atoms with Crippen molar-refractivity contribution in [3.05, 3.63) is 42.5 Å². The summed E-state index contributed by atoms with van der Waals surface area (Å²) in [5.74, 6) is 0.200. The molecule has 2 aromatic carbocycles. The predicted octanol–water partition coefficient (Wildman–Crippen LogP) is 3.49. The average Bonchev–Trinajstić information content (AvgIpc) is 2.55. The van der Waals surface area contributed by atoms with E-state index < -0.39 is 9.84 Å². The second-order valence-corrected chi connectivity index (χ2v) is 8.27. The fourth-order valence-electron chi connectivity index (χ4n) is 3.24. The maximum absolute atomic E-state index is 12.7. The molecule has 0 aromatic heterocycles. The number of likely N-dealkylation sites (tertiary alicyclic amines) is 1. The van der Waals surface area contributed by atoms with E-state index in [1.807, 2.05) is 37.3 Å². The van der Waals surface area contributed by atoms with E-state index in [4.69, 9.17) is 0 Å². The highest BCUT2D eigenvalue weighted by molar-refractivity contribution is 7.91. The van der Waals surface area contributed by atoms with Crippen molar-refractivity contribution < 1.29 is 8.42 Å². The van der Waals surface area contributed by atoms with Gasteiger partial charge in [-0.1, -0.05) is 36.8 Å². The van der Waals surface area contributed by atoms with Crippen LogP contribution in [0, 0.1) is 0 Å². The van der Waals surface area contributed by atoms with Crippen molar-refractivity contribution in [2.45, 2.75) is 37.1 Å². The molecule has 0 aliphatic carbocycles. The molecular formula is C18H23NO2S. The van der Waals surface area contributed by atoms with E-state index in [2.05, 4.69) is 4.90 Å². The van der Waals surface area contributed by atoms with Crippen LogP contribution in [0.3, 0.4) is 0 Å². The Morgan fingerprint density at radius 3 is 2.41 bits per heavy atom. The third-order valence-corrected chi connectivity index (χ3v) is 6.45. The molecule has 1 saturated heterocycles. The Hall–Kier alpha value is -1.39. The molecule has 0 saturated carbocycles. The minimum Gasteiger partial charge on any atom is -0.300 e. The second-order valence-electron chi connectivity index (χ2n) is 6.24. The van der Waals surface area contributed by atoms with Gasteiger partial charge >= 0.3 is 0 Å². The zero-order valence-corrected chi connectivity index (χ0v) is 13.8. The summed E-state index contributed by atoms with van der Waals surface area (Å²) in [5, 5.41) is 2.06. The van der Waals surface area contributed by atoms with Gasteiger partial charge in [0.25, 0.3) is 0 Å². The predicted molar refractivity (Wildman–Crippen MR) is 90.9 cm³/mol. The van der Waals surface area contributed by atoms with E-state index in [1.54, 1.807) is 12.1 Å². The van der Waals surface area contributed by atoms with Crippen molar-refractivity contribution in [2.24, 2.45) is 0 Å². The van der Waals surface area contributed by atoms with Crippen LogP contribution in [0.2, 0.25) is 0 Å². The van der Waals surface area contributed by atoms with Gasteiger partial charge in [-0.05, 0) is 55.8 Å². The first kappa shape index (κ1) is 15.5. The van der Waals surface area contributed by atoms with Gasteiger partial charge in [-0.2, -0.15) is 0 Å². The fourth-order valence-corrected chi connectivity index (χ4v) is 4.86. The Bertz CT molecular complexity index is 749. The van der Waals surface area contributed by atoms with E-state index in [0.717, 1.165) is 23.9 Å². The van der Waals surface area contributed by atoms with Crippen molar-refractivity contribution >= 4 is 20.6 Å². The number of benzene rings is 2. The molecule has 0 unspecified atom stereocenters. The van der Waals surface area contributed by atoms with Gasteiger partial charge < -0.3 is 0 Å². The Morgan fingerprint density at radius 2 is 1.68 bits per heavy atom. The molecule has 0 radical (unpaired) electrons. The molecule has 1 atom stereocenters. The lowest BCUT2D eigenvalue weighted by molar-refractivity contribution is 0.186. The summed E-state index contributed by atoms with van der Waals surface area (Å²) in [4.78, 5) is 2.75. The summed E-state index contributed by atoms with van der Waals surface area (Å²) in [6.45, 7) is 4.08. The van der Waals surface area contributed by atoms with E-state index in [-0.39, 0.29) is 11.8 Å². The first-order valence-corrected chi connectivity index (χ1v) is 9.67. The largest absolute Gasteiger partial charge is 0.300 e. The van der Waals surface area contributed by atoms with Gasteiger partial charge in [0.2, 0.25) is 0 Å². The van der Waals surface area contributed by atoms with Crippen LogP contribution in [0.25, 0.3) is 10.8 Å². The summed E-state index contributed by atoms with van der Waals surface area (Å²) >= 11 is 0. The Kier molecular flexibility index (Phi) is 4.50. The van der Waals surface area contributed by atoms with Crippen LogP contribution in [-0.2, 0) is 9.84 Å². The van der Waals surface area contributed by atoms with Crippen molar-refractivity contribution in [1.82, 2.24) is 4.90 Å². The minimum atomic E-state index is -3.24. The number of hydrogen-bond acceptors (Lipinski definition) is 3. The van der Waals surface area contributed by atoms with Gasteiger partial charge in [0, 0.05) is 6.04 Å². The lowest BCUT2D eigenvalue weighted by atomic mass is 10.1. The van der Waals surface area contributed by atoms with Gasteiger partial charge in [0.1, 0.15) is 0 Å². The molecule has 118 valence electrons. The molecule has 4 heteroatoms. The van der Waals surface area contributed by atoms with Crippen LogP contribution in [-0.4, -0.2) is 38.2 Å². The zero-order valence-electron chi connectivity index (χ0n) is 13.0. The van der Waals surface area contributed by atoms with Gasteiger partial charge in [-0.3, -0.25) is 4.90 Å². The van der Waals surface area contributed by atoms with E-state index in [9.17, 15) is 8.42 Å². The standard InChI is InChI=1S/C18H23NO2S/c1-15(19-11-5-2-6-12-19)14-22(20,21)18-10-9-16-7-3-4-8-17(16)13-18/h3-4,7-10,13,15H,2,5-6,11-12,14H2,1H3/t15-/m1/s1. The Balaban J connectivity index is 1.81. The summed E-state index contributed by atoms with van der Waals surface area (Å²) < 4.78 is 25.4. The van der Waals surface area contributed by atoms with Gasteiger partial charge in [-0.25, -0.2) is 8.42 Å². The van der Waals surface area contributed by atoms with Crippen LogP contribution in [0.4, 0.5) is 0 Å². The molecule has 0 amide bonds. The average molecular weight is 317 g/mol. The van der Waals surface area contributed by atoms with E-state index in [0.29, 0.717) is 4.90 Å². The van der Waals surface area contributed by atoms with Gasteiger partial charge in [-0.15, -0.1) is 0 Å². The molecule has 1 fully saturated rings. The third-order valence-electron chi connectivity index (χ3n) is 4.55.